The molecule has 0 aliphatic carbocycles. The lowest BCUT2D eigenvalue weighted by Crippen LogP contribution is -2.32. The summed E-state index contributed by atoms with van der Waals surface area (Å²) in [6.07, 6.45) is 0.783. The molecule has 0 aliphatic heterocycles. The van der Waals surface area contributed by atoms with Crippen molar-refractivity contribution in [1.82, 2.24) is 15.1 Å². The number of rotatable bonds is 7. The molecule has 2 aromatic heterocycles. The molecule has 0 saturated carbocycles. The first-order valence-electron chi connectivity index (χ1n) is 9.40. The van der Waals surface area contributed by atoms with Crippen LogP contribution in [-0.4, -0.2) is 15.8 Å². The number of hydrogen-bond acceptors (Lipinski definition) is 3. The first-order valence-corrected chi connectivity index (χ1v) is 10.6. The average Bonchev–Trinajstić information content (AvgIpc) is 3.27. The van der Waals surface area contributed by atoms with Crippen molar-refractivity contribution < 1.29 is 4.79 Å². The van der Waals surface area contributed by atoms with E-state index in [0.29, 0.717) is 12.4 Å². The van der Waals surface area contributed by atoms with Gasteiger partial charge >= 0.3 is 6.03 Å². The molecule has 0 fully saturated rings. The predicted octanol–water partition coefficient (Wildman–Crippen LogP) is 6.04. The van der Waals surface area contributed by atoms with Crippen molar-refractivity contribution in [2.24, 2.45) is 0 Å². The minimum absolute atomic E-state index is 0.0763. The zero-order valence-electron chi connectivity index (χ0n) is 16.3. The van der Waals surface area contributed by atoms with Gasteiger partial charge in [-0.1, -0.05) is 62.7 Å². The summed E-state index contributed by atoms with van der Waals surface area (Å²) in [5, 5.41) is 10.7. The van der Waals surface area contributed by atoms with Crippen LogP contribution in [0.3, 0.4) is 0 Å². The molecule has 0 saturated heterocycles. The van der Waals surface area contributed by atoms with Crippen LogP contribution >= 0.6 is 22.9 Å². The van der Waals surface area contributed by atoms with Gasteiger partial charge in [0.25, 0.3) is 0 Å². The highest BCUT2D eigenvalue weighted by Gasteiger charge is 2.17. The minimum atomic E-state index is -0.249. The van der Waals surface area contributed by atoms with Crippen LogP contribution in [0.15, 0.2) is 48.5 Å². The molecule has 2 amide bonds. The van der Waals surface area contributed by atoms with Gasteiger partial charge in [-0.3, -0.25) is 5.32 Å². The SMILES string of the molecule is CCC(NC(=O)Nc1cc(C(C)C)nn1Cc1ccccc1)c1ccc(Cl)s1. The third-order valence-electron chi connectivity index (χ3n) is 4.46. The Morgan fingerprint density at radius 1 is 1.21 bits per heavy atom. The van der Waals surface area contributed by atoms with E-state index in [1.165, 1.54) is 11.3 Å². The highest BCUT2D eigenvalue weighted by Crippen LogP contribution is 2.28. The smallest absolute Gasteiger partial charge is 0.320 e. The van der Waals surface area contributed by atoms with Gasteiger partial charge < -0.3 is 5.32 Å². The van der Waals surface area contributed by atoms with E-state index in [4.69, 9.17) is 11.6 Å². The van der Waals surface area contributed by atoms with Gasteiger partial charge in [-0.05, 0) is 30.0 Å². The Labute approximate surface area is 174 Å². The van der Waals surface area contributed by atoms with E-state index < -0.39 is 0 Å². The second kappa shape index (κ2) is 9.26. The fraction of sp³-hybridized carbons (Fsp3) is 0.333. The van der Waals surface area contributed by atoms with Gasteiger partial charge in [-0.25, -0.2) is 9.48 Å². The fourth-order valence-electron chi connectivity index (χ4n) is 2.90. The van der Waals surface area contributed by atoms with Crippen molar-refractivity contribution in [3.05, 3.63) is 69.0 Å². The van der Waals surface area contributed by atoms with Gasteiger partial charge in [0, 0.05) is 10.9 Å². The van der Waals surface area contributed by atoms with E-state index in [9.17, 15) is 4.79 Å². The molecule has 1 atom stereocenters. The molecule has 1 unspecified atom stereocenters. The third kappa shape index (κ3) is 5.14. The number of carbonyl (C=O) groups is 1. The lowest BCUT2D eigenvalue weighted by molar-refractivity contribution is 0.248. The summed E-state index contributed by atoms with van der Waals surface area (Å²) in [7, 11) is 0. The van der Waals surface area contributed by atoms with E-state index in [-0.39, 0.29) is 18.0 Å². The molecule has 148 valence electrons. The standard InChI is InChI=1S/C21H25ClN4OS/c1-4-16(18-10-11-19(22)28-18)23-21(27)24-20-12-17(14(2)3)25-26(20)13-15-8-6-5-7-9-15/h5-12,14,16H,4,13H2,1-3H3,(H2,23,24,27). The van der Waals surface area contributed by atoms with Crippen molar-refractivity contribution in [3.63, 3.8) is 0 Å². The summed E-state index contributed by atoms with van der Waals surface area (Å²) in [6.45, 7) is 6.81. The molecule has 2 N–H and O–H groups in total. The number of aromatic nitrogens is 2. The Morgan fingerprint density at radius 2 is 1.96 bits per heavy atom. The summed E-state index contributed by atoms with van der Waals surface area (Å²) >= 11 is 7.52. The van der Waals surface area contributed by atoms with Gasteiger partial charge in [0.1, 0.15) is 5.82 Å². The van der Waals surface area contributed by atoms with Crippen molar-refractivity contribution in [1.29, 1.82) is 0 Å². The Kier molecular flexibility index (Phi) is 6.75. The second-order valence-electron chi connectivity index (χ2n) is 6.95. The Bertz CT molecular complexity index is 920. The number of hydrogen-bond donors (Lipinski definition) is 2. The minimum Gasteiger partial charge on any atom is -0.330 e. The molecule has 0 radical (unpaired) electrons. The Hall–Kier alpha value is -2.31. The molecule has 0 bridgehead atoms. The monoisotopic (exact) mass is 416 g/mol. The topological polar surface area (TPSA) is 59.0 Å². The molecule has 7 heteroatoms. The number of nitrogens with one attached hydrogen (secondary N) is 2. The first-order chi connectivity index (χ1) is 13.5. The summed E-state index contributed by atoms with van der Waals surface area (Å²) in [6, 6.07) is 15.5. The van der Waals surface area contributed by atoms with Crippen molar-refractivity contribution in [3.8, 4) is 0 Å². The normalized spacial score (nSPS) is 12.2. The summed E-state index contributed by atoms with van der Waals surface area (Å²) in [5.74, 6) is 0.960. The van der Waals surface area contributed by atoms with Crippen LogP contribution in [0.25, 0.3) is 0 Å². The molecule has 28 heavy (non-hydrogen) atoms. The number of urea groups is 1. The number of nitrogens with zero attached hydrogens (tertiary/aromatic N) is 2. The van der Waals surface area contributed by atoms with Gasteiger partial charge in [0.05, 0.1) is 22.6 Å². The average molecular weight is 417 g/mol. The molecule has 5 nitrogen and oxygen atoms in total. The van der Waals surface area contributed by atoms with Crippen molar-refractivity contribution >= 4 is 34.8 Å². The van der Waals surface area contributed by atoms with Crippen LogP contribution in [0.2, 0.25) is 4.34 Å². The van der Waals surface area contributed by atoms with E-state index in [1.54, 1.807) is 0 Å². The maximum Gasteiger partial charge on any atom is 0.320 e. The Balaban J connectivity index is 1.75. The predicted molar refractivity (Wildman–Crippen MR) is 116 cm³/mol. The van der Waals surface area contributed by atoms with Gasteiger partial charge in [-0.2, -0.15) is 5.10 Å². The largest absolute Gasteiger partial charge is 0.330 e. The lowest BCUT2D eigenvalue weighted by Gasteiger charge is -2.16. The summed E-state index contributed by atoms with van der Waals surface area (Å²) < 4.78 is 2.56. The number of halogens is 1. The summed E-state index contributed by atoms with van der Waals surface area (Å²) in [5.41, 5.74) is 2.08. The van der Waals surface area contributed by atoms with Crippen LogP contribution in [0, 0.1) is 0 Å². The molecule has 3 aromatic rings. The van der Waals surface area contributed by atoms with E-state index in [0.717, 1.165) is 26.9 Å². The fourth-order valence-corrected chi connectivity index (χ4v) is 4.09. The van der Waals surface area contributed by atoms with E-state index >= 15 is 0 Å². The molecular weight excluding hydrogens is 392 g/mol. The number of benzene rings is 1. The molecule has 0 aliphatic rings. The molecule has 2 heterocycles. The highest BCUT2D eigenvalue weighted by molar-refractivity contribution is 7.16. The number of anilines is 1. The maximum absolute atomic E-state index is 12.7. The van der Waals surface area contributed by atoms with Crippen LogP contribution in [0.4, 0.5) is 10.6 Å². The summed E-state index contributed by atoms with van der Waals surface area (Å²) in [4.78, 5) is 13.7. The first kappa shape index (κ1) is 20.4. The van der Waals surface area contributed by atoms with Crippen LogP contribution < -0.4 is 10.6 Å². The maximum atomic E-state index is 12.7. The van der Waals surface area contributed by atoms with Crippen LogP contribution in [-0.2, 0) is 6.54 Å². The van der Waals surface area contributed by atoms with Gasteiger partial charge in [-0.15, -0.1) is 11.3 Å². The van der Waals surface area contributed by atoms with Gasteiger partial charge in [0.2, 0.25) is 0 Å². The zero-order chi connectivity index (χ0) is 20.1. The lowest BCUT2D eigenvalue weighted by atomic mass is 10.1. The van der Waals surface area contributed by atoms with Crippen molar-refractivity contribution in [2.75, 3.05) is 5.32 Å². The molecular formula is C21H25ClN4OS. The van der Waals surface area contributed by atoms with E-state index in [1.807, 2.05) is 60.1 Å². The van der Waals surface area contributed by atoms with Crippen LogP contribution in [0.1, 0.15) is 55.3 Å². The van der Waals surface area contributed by atoms with Gasteiger partial charge in [0.15, 0.2) is 0 Å². The van der Waals surface area contributed by atoms with Crippen LogP contribution in [0.5, 0.6) is 0 Å². The second-order valence-corrected chi connectivity index (χ2v) is 8.70. The van der Waals surface area contributed by atoms with Crippen molar-refractivity contribution in [2.45, 2.75) is 45.7 Å². The number of thiophene rings is 1. The number of carbonyl (C=O) groups excluding carboxylic acids is 1. The van der Waals surface area contributed by atoms with E-state index in [2.05, 4.69) is 29.6 Å². The number of amides is 2. The quantitative estimate of drug-likeness (QED) is 0.493. The highest BCUT2D eigenvalue weighted by atomic mass is 35.5. The zero-order valence-corrected chi connectivity index (χ0v) is 17.8. The molecule has 1 aromatic carbocycles. The third-order valence-corrected chi connectivity index (χ3v) is 5.80. The molecule has 3 rings (SSSR count). The Morgan fingerprint density at radius 3 is 2.57 bits per heavy atom. The molecule has 0 spiro atoms.